The van der Waals surface area contributed by atoms with Crippen LogP contribution in [0.4, 0.5) is 0 Å². The molecule has 0 saturated heterocycles. The van der Waals surface area contributed by atoms with Crippen LogP contribution in [0.5, 0.6) is 0 Å². The van der Waals surface area contributed by atoms with E-state index in [1.54, 1.807) is 18.3 Å². The zero-order valence-corrected chi connectivity index (χ0v) is 9.69. The predicted octanol–water partition coefficient (Wildman–Crippen LogP) is 2.80. The molecular weight excluding hydrogens is 230 g/mol. The summed E-state index contributed by atoms with van der Waals surface area (Å²) in [4.78, 5) is 16.6. The minimum atomic E-state index is -0.887. The molecule has 2 aromatic heterocycles. The standard InChI is InChI=1S/C10H9NO2S2/c1-6-9(10(12)13)15-8(11-6)5-7-3-2-4-14-7/h2-4H,5H2,1H3,(H,12,13). The number of nitrogens with zero attached hydrogens (tertiary/aromatic N) is 1. The average Bonchev–Trinajstić information content (AvgIpc) is 2.75. The number of rotatable bonds is 3. The monoisotopic (exact) mass is 239 g/mol. The summed E-state index contributed by atoms with van der Waals surface area (Å²) in [7, 11) is 0. The van der Waals surface area contributed by atoms with Crippen molar-refractivity contribution in [2.45, 2.75) is 13.3 Å². The van der Waals surface area contributed by atoms with Gasteiger partial charge in [-0.3, -0.25) is 0 Å². The second kappa shape index (κ2) is 4.12. The second-order valence-corrected chi connectivity index (χ2v) is 5.20. The molecule has 0 spiro atoms. The van der Waals surface area contributed by atoms with Crippen molar-refractivity contribution < 1.29 is 9.90 Å². The summed E-state index contributed by atoms with van der Waals surface area (Å²) < 4.78 is 0. The Morgan fingerprint density at radius 1 is 1.60 bits per heavy atom. The molecule has 0 aliphatic carbocycles. The van der Waals surface area contributed by atoms with Crippen molar-refractivity contribution in [3.63, 3.8) is 0 Å². The van der Waals surface area contributed by atoms with Crippen molar-refractivity contribution in [1.29, 1.82) is 0 Å². The van der Waals surface area contributed by atoms with E-state index in [0.717, 1.165) is 11.4 Å². The Balaban J connectivity index is 2.23. The van der Waals surface area contributed by atoms with Crippen LogP contribution in [0.3, 0.4) is 0 Å². The molecule has 2 rings (SSSR count). The Kier molecular flexibility index (Phi) is 2.83. The third kappa shape index (κ3) is 2.24. The van der Waals surface area contributed by atoms with E-state index in [0.29, 0.717) is 10.6 Å². The van der Waals surface area contributed by atoms with Crippen molar-refractivity contribution in [3.05, 3.63) is 38.0 Å². The molecule has 2 aromatic rings. The second-order valence-electron chi connectivity index (χ2n) is 3.08. The number of aromatic carboxylic acids is 1. The minimum Gasteiger partial charge on any atom is -0.477 e. The molecule has 0 aromatic carbocycles. The van der Waals surface area contributed by atoms with Crippen LogP contribution in [0, 0.1) is 6.92 Å². The number of carboxylic acid groups (broad SMARTS) is 1. The van der Waals surface area contributed by atoms with Gasteiger partial charge in [-0.05, 0) is 18.4 Å². The zero-order chi connectivity index (χ0) is 10.8. The van der Waals surface area contributed by atoms with Gasteiger partial charge in [0.15, 0.2) is 0 Å². The summed E-state index contributed by atoms with van der Waals surface area (Å²) in [6.45, 7) is 1.73. The molecule has 1 N–H and O–H groups in total. The van der Waals surface area contributed by atoms with Crippen LogP contribution < -0.4 is 0 Å². The van der Waals surface area contributed by atoms with Gasteiger partial charge in [-0.15, -0.1) is 22.7 Å². The maximum Gasteiger partial charge on any atom is 0.347 e. The molecule has 0 fully saturated rings. The van der Waals surface area contributed by atoms with E-state index in [-0.39, 0.29) is 0 Å². The lowest BCUT2D eigenvalue weighted by atomic mass is 10.3. The van der Waals surface area contributed by atoms with Crippen LogP contribution in [-0.2, 0) is 6.42 Å². The van der Waals surface area contributed by atoms with E-state index < -0.39 is 5.97 Å². The Morgan fingerprint density at radius 2 is 2.40 bits per heavy atom. The number of aromatic nitrogens is 1. The molecule has 0 amide bonds. The van der Waals surface area contributed by atoms with Crippen LogP contribution >= 0.6 is 22.7 Å². The van der Waals surface area contributed by atoms with Crippen molar-refractivity contribution in [2.75, 3.05) is 0 Å². The van der Waals surface area contributed by atoms with Crippen molar-refractivity contribution in [1.82, 2.24) is 4.98 Å². The number of thiophene rings is 1. The smallest absolute Gasteiger partial charge is 0.347 e. The van der Waals surface area contributed by atoms with Gasteiger partial charge >= 0.3 is 5.97 Å². The minimum absolute atomic E-state index is 0.349. The molecule has 0 radical (unpaired) electrons. The van der Waals surface area contributed by atoms with E-state index in [4.69, 9.17) is 5.11 Å². The van der Waals surface area contributed by atoms with Gasteiger partial charge in [-0.1, -0.05) is 6.07 Å². The number of carbonyl (C=O) groups is 1. The van der Waals surface area contributed by atoms with E-state index in [1.165, 1.54) is 16.2 Å². The molecule has 0 saturated carbocycles. The van der Waals surface area contributed by atoms with Crippen molar-refractivity contribution in [3.8, 4) is 0 Å². The third-order valence-corrected chi connectivity index (χ3v) is 3.96. The summed E-state index contributed by atoms with van der Waals surface area (Å²) in [5.74, 6) is -0.887. The summed E-state index contributed by atoms with van der Waals surface area (Å²) in [6, 6.07) is 4.01. The Morgan fingerprint density at radius 3 is 2.93 bits per heavy atom. The van der Waals surface area contributed by atoms with Crippen molar-refractivity contribution in [2.24, 2.45) is 0 Å². The number of hydrogen-bond acceptors (Lipinski definition) is 4. The zero-order valence-electron chi connectivity index (χ0n) is 8.06. The van der Waals surface area contributed by atoms with Crippen LogP contribution in [0.1, 0.15) is 25.3 Å². The normalized spacial score (nSPS) is 10.5. The lowest BCUT2D eigenvalue weighted by molar-refractivity contribution is 0.0701. The number of thiazole rings is 1. The maximum absolute atomic E-state index is 10.8. The molecule has 5 heteroatoms. The number of aryl methyl sites for hydroxylation is 1. The molecular formula is C10H9NO2S2. The third-order valence-electron chi connectivity index (χ3n) is 1.94. The molecule has 0 unspecified atom stereocenters. The fraction of sp³-hybridized carbons (Fsp3) is 0.200. The Labute approximate surface area is 95.0 Å². The van der Waals surface area contributed by atoms with E-state index in [1.807, 2.05) is 17.5 Å². The van der Waals surface area contributed by atoms with Gasteiger partial charge in [0.05, 0.1) is 10.7 Å². The van der Waals surface area contributed by atoms with Crippen LogP contribution in [0.15, 0.2) is 17.5 Å². The first-order chi connectivity index (χ1) is 7.16. The topological polar surface area (TPSA) is 50.2 Å². The van der Waals surface area contributed by atoms with Crippen molar-refractivity contribution >= 4 is 28.6 Å². The van der Waals surface area contributed by atoms with E-state index in [2.05, 4.69) is 4.98 Å². The fourth-order valence-electron chi connectivity index (χ4n) is 1.29. The van der Waals surface area contributed by atoms with Gasteiger partial charge in [0.1, 0.15) is 4.88 Å². The highest BCUT2D eigenvalue weighted by molar-refractivity contribution is 7.14. The highest BCUT2D eigenvalue weighted by atomic mass is 32.1. The van der Waals surface area contributed by atoms with Gasteiger partial charge < -0.3 is 5.11 Å². The van der Waals surface area contributed by atoms with Crippen LogP contribution in [0.2, 0.25) is 0 Å². The van der Waals surface area contributed by atoms with Gasteiger partial charge in [-0.2, -0.15) is 0 Å². The Bertz CT molecular complexity index is 474. The lowest BCUT2D eigenvalue weighted by Crippen LogP contribution is -1.94. The molecule has 0 atom stereocenters. The molecule has 0 bridgehead atoms. The van der Waals surface area contributed by atoms with Crippen LogP contribution in [0.25, 0.3) is 0 Å². The van der Waals surface area contributed by atoms with E-state index >= 15 is 0 Å². The van der Waals surface area contributed by atoms with Gasteiger partial charge in [-0.25, -0.2) is 9.78 Å². The highest BCUT2D eigenvalue weighted by Crippen LogP contribution is 2.22. The molecule has 0 aliphatic rings. The molecule has 3 nitrogen and oxygen atoms in total. The molecule has 0 aliphatic heterocycles. The van der Waals surface area contributed by atoms with Gasteiger partial charge in [0.2, 0.25) is 0 Å². The maximum atomic E-state index is 10.8. The van der Waals surface area contributed by atoms with Crippen LogP contribution in [-0.4, -0.2) is 16.1 Å². The summed E-state index contributed by atoms with van der Waals surface area (Å²) in [6.07, 6.45) is 0.733. The quantitative estimate of drug-likeness (QED) is 0.896. The first-order valence-electron chi connectivity index (χ1n) is 4.39. The SMILES string of the molecule is Cc1nc(Cc2cccs2)sc1C(=O)O. The predicted molar refractivity (Wildman–Crippen MR) is 60.9 cm³/mol. The number of carboxylic acids is 1. The molecule has 15 heavy (non-hydrogen) atoms. The summed E-state index contributed by atoms with van der Waals surface area (Å²) in [5, 5.41) is 11.8. The largest absolute Gasteiger partial charge is 0.477 e. The molecule has 78 valence electrons. The summed E-state index contributed by atoms with van der Waals surface area (Å²) in [5.41, 5.74) is 0.610. The first kappa shape index (κ1) is 10.3. The first-order valence-corrected chi connectivity index (χ1v) is 6.08. The average molecular weight is 239 g/mol. The summed E-state index contributed by atoms with van der Waals surface area (Å²) >= 11 is 2.92. The number of hydrogen-bond donors (Lipinski definition) is 1. The Hall–Kier alpha value is -1.20. The molecule has 2 heterocycles. The van der Waals surface area contributed by atoms with Gasteiger partial charge in [0.25, 0.3) is 0 Å². The van der Waals surface area contributed by atoms with E-state index in [9.17, 15) is 4.79 Å². The highest BCUT2D eigenvalue weighted by Gasteiger charge is 2.13. The van der Waals surface area contributed by atoms with Gasteiger partial charge in [0, 0.05) is 11.3 Å². The fourth-order valence-corrected chi connectivity index (χ4v) is 3.02. The lowest BCUT2D eigenvalue weighted by Gasteiger charge is -1.89.